The van der Waals surface area contributed by atoms with Gasteiger partial charge in [0.15, 0.2) is 20.7 Å². The van der Waals surface area contributed by atoms with E-state index >= 15 is 0 Å². The number of aromatic nitrogens is 3. The van der Waals surface area contributed by atoms with E-state index in [1.807, 2.05) is 25.7 Å². The van der Waals surface area contributed by atoms with Crippen molar-refractivity contribution in [1.82, 2.24) is 19.9 Å². The molecule has 12 heteroatoms. The molecule has 2 aromatic heterocycles. The van der Waals surface area contributed by atoms with Crippen molar-refractivity contribution in [2.24, 2.45) is 0 Å². The van der Waals surface area contributed by atoms with E-state index in [0.29, 0.717) is 54.5 Å². The third-order valence-corrected chi connectivity index (χ3v) is 9.28. The number of pyridine rings is 1. The molecule has 0 radical (unpaired) electrons. The van der Waals surface area contributed by atoms with Crippen molar-refractivity contribution in [2.75, 3.05) is 12.4 Å². The highest BCUT2D eigenvalue weighted by Crippen LogP contribution is 2.41. The summed E-state index contributed by atoms with van der Waals surface area (Å²) in [5.74, 6) is 1.02. The lowest BCUT2D eigenvalue weighted by molar-refractivity contribution is -0.00792. The van der Waals surface area contributed by atoms with Gasteiger partial charge in [-0.1, -0.05) is 0 Å². The van der Waals surface area contributed by atoms with Crippen LogP contribution >= 0.6 is 0 Å². The maximum Gasteiger partial charge on any atom is 0.410 e. The summed E-state index contributed by atoms with van der Waals surface area (Å²) in [6, 6.07) is 3.31. The van der Waals surface area contributed by atoms with Gasteiger partial charge < -0.3 is 24.4 Å². The smallest absolute Gasteiger partial charge is 0.410 e. The van der Waals surface area contributed by atoms with E-state index in [2.05, 4.69) is 20.3 Å². The Kier molecular flexibility index (Phi) is 6.87. The molecule has 206 valence electrons. The maximum absolute atomic E-state index is 12.8. The number of fused-ring (bicyclic) bond motifs is 2. The predicted octanol–water partition coefficient (Wildman–Crippen LogP) is 4.18. The fourth-order valence-electron chi connectivity index (χ4n) is 5.21. The third-order valence-electron chi connectivity index (χ3n) is 7.12. The molecule has 2 unspecified atom stereocenters. The quantitative estimate of drug-likeness (QED) is 0.540. The lowest BCUT2D eigenvalue weighted by atomic mass is 10.0. The van der Waals surface area contributed by atoms with Crippen molar-refractivity contribution in [3.63, 3.8) is 0 Å². The maximum atomic E-state index is 12.8. The lowest BCUT2D eigenvalue weighted by Crippen LogP contribution is -2.50. The van der Waals surface area contributed by atoms with E-state index in [9.17, 15) is 13.2 Å². The molecule has 2 bridgehead atoms. The molecule has 0 aromatic carbocycles. The number of nitrogens with zero attached hydrogens (tertiary/aromatic N) is 4. The van der Waals surface area contributed by atoms with Crippen LogP contribution in [-0.2, 0) is 14.6 Å². The summed E-state index contributed by atoms with van der Waals surface area (Å²) < 4.78 is 42.7. The average molecular weight is 546 g/mol. The molecule has 1 saturated carbocycles. The van der Waals surface area contributed by atoms with Crippen molar-refractivity contribution < 1.29 is 27.4 Å². The SMILES string of the molecule is COc1c(Nc2ccc(S(=O)(=O)C3CC3)nc2C)ncnc1OC1CC2CCC(C1)N2C(=O)OC(C)(C)C. The van der Waals surface area contributed by atoms with Crippen LogP contribution in [0, 0.1) is 6.92 Å². The Bertz CT molecular complexity index is 1310. The highest BCUT2D eigenvalue weighted by molar-refractivity contribution is 7.92. The molecular formula is C26H35N5O6S. The zero-order valence-corrected chi connectivity index (χ0v) is 23.2. The number of rotatable bonds is 7. The molecule has 3 fully saturated rings. The van der Waals surface area contributed by atoms with Gasteiger partial charge in [0.1, 0.15) is 18.0 Å². The van der Waals surface area contributed by atoms with Crippen molar-refractivity contribution in [3.05, 3.63) is 24.2 Å². The average Bonchev–Trinajstić information content (AvgIpc) is 3.65. The highest BCUT2D eigenvalue weighted by Gasteiger charge is 2.46. The minimum Gasteiger partial charge on any atom is -0.489 e. The Morgan fingerprint density at radius 3 is 2.34 bits per heavy atom. The zero-order chi connectivity index (χ0) is 27.2. The second kappa shape index (κ2) is 9.87. The second-order valence-corrected chi connectivity index (χ2v) is 13.4. The first-order valence-corrected chi connectivity index (χ1v) is 14.6. The largest absolute Gasteiger partial charge is 0.489 e. The van der Waals surface area contributed by atoms with E-state index in [4.69, 9.17) is 14.2 Å². The van der Waals surface area contributed by atoms with Crippen LogP contribution in [0.2, 0.25) is 0 Å². The molecular weight excluding hydrogens is 510 g/mol. The summed E-state index contributed by atoms with van der Waals surface area (Å²) in [6.45, 7) is 7.36. The highest BCUT2D eigenvalue weighted by atomic mass is 32.2. The van der Waals surface area contributed by atoms with Gasteiger partial charge in [0, 0.05) is 24.9 Å². The molecule has 38 heavy (non-hydrogen) atoms. The molecule has 2 aromatic rings. The zero-order valence-electron chi connectivity index (χ0n) is 22.4. The van der Waals surface area contributed by atoms with Crippen molar-refractivity contribution in [2.45, 2.75) is 100 Å². The number of aryl methyl sites for hydroxylation is 1. The van der Waals surface area contributed by atoms with Crippen LogP contribution in [0.1, 0.15) is 65.0 Å². The Hall–Kier alpha value is -3.15. The van der Waals surface area contributed by atoms with Gasteiger partial charge in [-0.3, -0.25) is 0 Å². The van der Waals surface area contributed by atoms with Crippen molar-refractivity contribution in [3.8, 4) is 11.6 Å². The van der Waals surface area contributed by atoms with E-state index in [0.717, 1.165) is 12.8 Å². The van der Waals surface area contributed by atoms with Gasteiger partial charge in [-0.15, -0.1) is 0 Å². The normalized spacial score (nSPS) is 23.2. The number of carbonyl (C=O) groups is 1. The van der Waals surface area contributed by atoms with Gasteiger partial charge in [0.25, 0.3) is 5.88 Å². The number of amides is 1. The van der Waals surface area contributed by atoms with E-state index < -0.39 is 15.4 Å². The van der Waals surface area contributed by atoms with Gasteiger partial charge in [-0.2, -0.15) is 4.98 Å². The van der Waals surface area contributed by atoms with Crippen molar-refractivity contribution in [1.29, 1.82) is 0 Å². The molecule has 1 N–H and O–H groups in total. The molecule has 4 heterocycles. The van der Waals surface area contributed by atoms with Gasteiger partial charge in [0.2, 0.25) is 5.75 Å². The van der Waals surface area contributed by atoms with Gasteiger partial charge in [0.05, 0.1) is 23.7 Å². The van der Waals surface area contributed by atoms with Crippen LogP contribution in [0.15, 0.2) is 23.5 Å². The summed E-state index contributed by atoms with van der Waals surface area (Å²) in [7, 11) is -1.86. The number of anilines is 2. The number of hydrogen-bond donors (Lipinski definition) is 1. The first kappa shape index (κ1) is 26.5. The van der Waals surface area contributed by atoms with Crippen LogP contribution in [-0.4, -0.2) is 70.5 Å². The molecule has 11 nitrogen and oxygen atoms in total. The third kappa shape index (κ3) is 5.36. The molecule has 2 saturated heterocycles. The minimum absolute atomic E-state index is 0.0539. The van der Waals surface area contributed by atoms with Crippen molar-refractivity contribution >= 4 is 27.4 Å². The molecule has 1 amide bonds. The fraction of sp³-hybridized carbons (Fsp3) is 0.615. The van der Waals surface area contributed by atoms with Crippen LogP contribution in [0.3, 0.4) is 0 Å². The number of methoxy groups -OCH3 is 1. The van der Waals surface area contributed by atoms with Crippen LogP contribution < -0.4 is 14.8 Å². The van der Waals surface area contributed by atoms with E-state index in [1.54, 1.807) is 13.0 Å². The molecule has 1 aliphatic carbocycles. The van der Waals surface area contributed by atoms with Crippen LogP contribution in [0.4, 0.5) is 16.3 Å². The predicted molar refractivity (Wildman–Crippen MR) is 140 cm³/mol. The first-order chi connectivity index (χ1) is 18.0. The summed E-state index contributed by atoms with van der Waals surface area (Å²) in [6.07, 6.45) is 5.52. The van der Waals surface area contributed by atoms with Crippen LogP contribution in [0.25, 0.3) is 0 Å². The van der Waals surface area contributed by atoms with E-state index in [1.165, 1.54) is 19.5 Å². The molecule has 2 aliphatic heterocycles. The fourth-order valence-corrected chi connectivity index (χ4v) is 6.83. The Morgan fingerprint density at radius 2 is 1.76 bits per heavy atom. The summed E-state index contributed by atoms with van der Waals surface area (Å²) >= 11 is 0. The Labute approximate surface area is 223 Å². The van der Waals surface area contributed by atoms with E-state index in [-0.39, 0.29) is 34.6 Å². The number of piperidine rings is 1. The second-order valence-electron chi connectivity index (χ2n) is 11.2. The number of hydrogen-bond acceptors (Lipinski definition) is 10. The number of sulfone groups is 1. The molecule has 5 rings (SSSR count). The minimum atomic E-state index is -3.38. The monoisotopic (exact) mass is 545 g/mol. The number of ether oxygens (including phenoxy) is 3. The topological polar surface area (TPSA) is 133 Å². The van der Waals surface area contributed by atoms with Gasteiger partial charge in [-0.05, 0) is 65.5 Å². The van der Waals surface area contributed by atoms with Gasteiger partial charge in [-0.25, -0.2) is 23.2 Å². The Morgan fingerprint density at radius 1 is 1.08 bits per heavy atom. The lowest BCUT2D eigenvalue weighted by Gasteiger charge is -2.39. The van der Waals surface area contributed by atoms with Gasteiger partial charge >= 0.3 is 6.09 Å². The number of carbonyl (C=O) groups excluding carboxylic acids is 1. The first-order valence-electron chi connectivity index (χ1n) is 13.0. The molecule has 2 atom stereocenters. The standard InChI is InChI=1S/C26H35N5O6S/c1-15-20(10-11-21(29-15)38(33,34)19-8-9-19)30-23-22(35-5)24(28-14-27-23)36-18-12-16-6-7-17(13-18)31(16)25(32)37-26(2,3)4/h10-11,14,16-19H,6-9,12-13H2,1-5H3,(H,27,28,30). The summed E-state index contributed by atoms with van der Waals surface area (Å²) in [5, 5.41) is 2.96. The molecule has 3 aliphatic rings. The summed E-state index contributed by atoms with van der Waals surface area (Å²) in [4.78, 5) is 27.6. The summed E-state index contributed by atoms with van der Waals surface area (Å²) in [5.41, 5.74) is 0.591. The van der Waals surface area contributed by atoms with Crippen LogP contribution in [0.5, 0.6) is 11.6 Å². The number of nitrogens with one attached hydrogen (secondary N) is 1. The molecule has 0 spiro atoms. The Balaban J connectivity index is 1.30.